The average molecular weight is 448 g/mol. The third-order valence-electron chi connectivity index (χ3n) is 4.84. The Morgan fingerprint density at radius 2 is 1.74 bits per heavy atom. The summed E-state index contributed by atoms with van der Waals surface area (Å²) in [5.41, 5.74) is -1.36. The number of hydrogen-bond acceptors (Lipinski definition) is 4. The van der Waals surface area contributed by atoms with E-state index in [2.05, 4.69) is 4.98 Å². The number of aromatic nitrogens is 2. The number of aliphatic carboxylic acids is 1. The standard InChI is InChI=1S/C21H15F3N2O4S/c22-21(23,24)19-10-9-17-16(25-19)12-14(8-11-20(27)28)26(17)31(29,30)18-7-3-5-13-4-1-2-6-15(13)18/h1-7,9-10,12H,8,11H2,(H,27,28). The van der Waals surface area contributed by atoms with Crippen molar-refractivity contribution in [2.45, 2.75) is 23.9 Å². The summed E-state index contributed by atoms with van der Waals surface area (Å²) in [5.74, 6) is -1.16. The zero-order chi connectivity index (χ0) is 22.4. The van der Waals surface area contributed by atoms with E-state index >= 15 is 0 Å². The number of carboxylic acid groups (broad SMARTS) is 1. The van der Waals surface area contributed by atoms with Gasteiger partial charge in [-0.2, -0.15) is 13.2 Å². The van der Waals surface area contributed by atoms with Crippen molar-refractivity contribution in [1.82, 2.24) is 8.96 Å². The van der Waals surface area contributed by atoms with Crippen LogP contribution < -0.4 is 0 Å². The summed E-state index contributed by atoms with van der Waals surface area (Å²) in [6.45, 7) is 0. The van der Waals surface area contributed by atoms with Gasteiger partial charge in [-0.1, -0.05) is 36.4 Å². The second-order valence-electron chi connectivity index (χ2n) is 6.87. The second kappa shape index (κ2) is 7.38. The van der Waals surface area contributed by atoms with Crippen LogP contribution in [0.25, 0.3) is 21.8 Å². The van der Waals surface area contributed by atoms with E-state index in [0.717, 1.165) is 10.0 Å². The van der Waals surface area contributed by atoms with E-state index in [4.69, 9.17) is 5.11 Å². The van der Waals surface area contributed by atoms with E-state index in [1.165, 1.54) is 12.1 Å². The third kappa shape index (κ3) is 3.74. The molecule has 0 radical (unpaired) electrons. The van der Waals surface area contributed by atoms with Gasteiger partial charge in [0, 0.05) is 11.1 Å². The van der Waals surface area contributed by atoms with Gasteiger partial charge in [-0.3, -0.25) is 4.79 Å². The smallest absolute Gasteiger partial charge is 0.433 e. The number of hydrogen-bond donors (Lipinski definition) is 1. The summed E-state index contributed by atoms with van der Waals surface area (Å²) in [6, 6.07) is 14.5. The lowest BCUT2D eigenvalue weighted by Gasteiger charge is -2.14. The largest absolute Gasteiger partial charge is 0.481 e. The van der Waals surface area contributed by atoms with Gasteiger partial charge in [-0.25, -0.2) is 17.4 Å². The summed E-state index contributed by atoms with van der Waals surface area (Å²) in [7, 11) is -4.27. The molecule has 31 heavy (non-hydrogen) atoms. The summed E-state index contributed by atoms with van der Waals surface area (Å²) in [6.07, 6.45) is -5.30. The molecule has 4 rings (SSSR count). The SMILES string of the molecule is O=C(O)CCc1cc2nc(C(F)(F)F)ccc2n1S(=O)(=O)c1cccc2ccccc12. The fourth-order valence-electron chi connectivity index (χ4n) is 3.49. The molecule has 160 valence electrons. The molecule has 0 saturated heterocycles. The normalized spacial score (nSPS) is 12.5. The van der Waals surface area contributed by atoms with Crippen LogP contribution in [0.1, 0.15) is 17.8 Å². The van der Waals surface area contributed by atoms with E-state index in [1.807, 2.05) is 0 Å². The molecule has 0 atom stereocenters. The number of carboxylic acids is 1. The molecule has 0 fully saturated rings. The summed E-state index contributed by atoms with van der Waals surface area (Å²) in [5, 5.41) is 10.1. The quantitative estimate of drug-likeness (QED) is 0.487. The Balaban J connectivity index is 1.99. The van der Waals surface area contributed by atoms with E-state index in [-0.39, 0.29) is 28.0 Å². The Labute approximate surface area is 174 Å². The molecule has 1 N–H and O–H groups in total. The molecule has 0 saturated carbocycles. The molecule has 6 nitrogen and oxygen atoms in total. The van der Waals surface area contributed by atoms with Gasteiger partial charge in [-0.05, 0) is 36.1 Å². The Morgan fingerprint density at radius 3 is 2.45 bits per heavy atom. The number of benzene rings is 2. The number of pyridine rings is 1. The predicted molar refractivity (Wildman–Crippen MR) is 107 cm³/mol. The second-order valence-corrected chi connectivity index (χ2v) is 8.63. The first-order chi connectivity index (χ1) is 14.6. The van der Waals surface area contributed by atoms with Crippen molar-refractivity contribution in [3.05, 3.63) is 72.1 Å². The summed E-state index contributed by atoms with van der Waals surface area (Å²) in [4.78, 5) is 14.6. The van der Waals surface area contributed by atoms with E-state index in [1.54, 1.807) is 36.4 Å². The minimum Gasteiger partial charge on any atom is -0.481 e. The predicted octanol–water partition coefficient (Wildman–Crippen LogP) is 4.46. The zero-order valence-electron chi connectivity index (χ0n) is 15.8. The Hall–Kier alpha value is -3.40. The van der Waals surface area contributed by atoms with Gasteiger partial charge in [0.15, 0.2) is 0 Å². The number of nitrogens with zero attached hydrogens (tertiary/aromatic N) is 2. The van der Waals surface area contributed by atoms with Gasteiger partial charge in [-0.15, -0.1) is 0 Å². The minimum absolute atomic E-state index is 0.0390. The molecule has 2 aromatic carbocycles. The molecule has 0 bridgehead atoms. The number of alkyl halides is 3. The first-order valence-electron chi connectivity index (χ1n) is 9.13. The van der Waals surface area contributed by atoms with Gasteiger partial charge in [0.2, 0.25) is 0 Å². The molecule has 0 unspecified atom stereocenters. The first-order valence-corrected chi connectivity index (χ1v) is 10.6. The molecule has 0 aliphatic carbocycles. The van der Waals surface area contributed by atoms with Crippen LogP contribution >= 0.6 is 0 Å². The number of fused-ring (bicyclic) bond motifs is 2. The molecule has 2 heterocycles. The van der Waals surface area contributed by atoms with Crippen molar-refractivity contribution in [2.24, 2.45) is 0 Å². The molecular weight excluding hydrogens is 433 g/mol. The van der Waals surface area contributed by atoms with E-state index in [9.17, 15) is 26.4 Å². The monoisotopic (exact) mass is 448 g/mol. The fourth-order valence-corrected chi connectivity index (χ4v) is 5.26. The molecule has 0 spiro atoms. The molecule has 0 aliphatic heterocycles. The van der Waals surface area contributed by atoms with Gasteiger partial charge in [0.25, 0.3) is 10.0 Å². The van der Waals surface area contributed by atoms with E-state index in [0.29, 0.717) is 16.8 Å². The van der Waals surface area contributed by atoms with Crippen molar-refractivity contribution in [3.63, 3.8) is 0 Å². The van der Waals surface area contributed by atoms with Gasteiger partial charge >= 0.3 is 12.1 Å². The van der Waals surface area contributed by atoms with Crippen molar-refractivity contribution < 1.29 is 31.5 Å². The topological polar surface area (TPSA) is 89.3 Å². The van der Waals surface area contributed by atoms with Crippen molar-refractivity contribution in [3.8, 4) is 0 Å². The lowest BCUT2D eigenvalue weighted by atomic mass is 10.1. The average Bonchev–Trinajstić information content (AvgIpc) is 3.09. The third-order valence-corrected chi connectivity index (χ3v) is 6.66. The lowest BCUT2D eigenvalue weighted by Crippen LogP contribution is -2.17. The van der Waals surface area contributed by atoms with E-state index < -0.39 is 34.3 Å². The number of halogens is 3. The van der Waals surface area contributed by atoms with Crippen LogP contribution in [0.15, 0.2) is 65.6 Å². The lowest BCUT2D eigenvalue weighted by molar-refractivity contribution is -0.141. The van der Waals surface area contributed by atoms with Crippen LogP contribution in [-0.4, -0.2) is 28.5 Å². The maximum atomic E-state index is 13.6. The van der Waals surface area contributed by atoms with Crippen LogP contribution in [0.5, 0.6) is 0 Å². The van der Waals surface area contributed by atoms with Gasteiger partial charge in [0.1, 0.15) is 5.69 Å². The van der Waals surface area contributed by atoms with Crippen molar-refractivity contribution >= 4 is 37.8 Å². The van der Waals surface area contributed by atoms with Gasteiger partial charge in [0.05, 0.1) is 22.3 Å². The molecule has 4 aromatic rings. The number of carbonyl (C=O) groups is 1. The Bertz CT molecular complexity index is 1420. The molecular formula is C21H15F3N2O4S. The fraction of sp³-hybridized carbons (Fsp3) is 0.143. The number of aryl methyl sites for hydroxylation is 1. The Kier molecular flexibility index (Phi) is 4.97. The van der Waals surface area contributed by atoms with Crippen LogP contribution in [0, 0.1) is 0 Å². The highest BCUT2D eigenvalue weighted by molar-refractivity contribution is 7.90. The van der Waals surface area contributed by atoms with Crippen LogP contribution in [0.2, 0.25) is 0 Å². The molecule has 0 amide bonds. The highest BCUT2D eigenvalue weighted by Gasteiger charge is 2.34. The Morgan fingerprint density at radius 1 is 1.03 bits per heavy atom. The van der Waals surface area contributed by atoms with Gasteiger partial charge < -0.3 is 5.11 Å². The highest BCUT2D eigenvalue weighted by Crippen LogP contribution is 2.33. The van der Waals surface area contributed by atoms with Crippen LogP contribution in [0.3, 0.4) is 0 Å². The number of rotatable bonds is 5. The maximum Gasteiger partial charge on any atom is 0.433 e. The summed E-state index contributed by atoms with van der Waals surface area (Å²) >= 11 is 0. The zero-order valence-corrected chi connectivity index (χ0v) is 16.6. The molecule has 2 aromatic heterocycles. The summed E-state index contributed by atoms with van der Waals surface area (Å²) < 4.78 is 67.4. The highest BCUT2D eigenvalue weighted by atomic mass is 32.2. The molecule has 10 heteroatoms. The maximum absolute atomic E-state index is 13.6. The first kappa shape index (κ1) is 20.9. The van der Waals surface area contributed by atoms with Crippen molar-refractivity contribution in [1.29, 1.82) is 0 Å². The van der Waals surface area contributed by atoms with Crippen molar-refractivity contribution in [2.75, 3.05) is 0 Å². The van der Waals surface area contributed by atoms with Crippen LogP contribution in [0.4, 0.5) is 13.2 Å². The molecule has 0 aliphatic rings. The minimum atomic E-state index is -4.70. The van der Waals surface area contributed by atoms with Crippen LogP contribution in [-0.2, 0) is 27.4 Å².